The highest BCUT2D eigenvalue weighted by Gasteiger charge is 2.31. The highest BCUT2D eigenvalue weighted by atomic mass is 16.2. The van der Waals surface area contributed by atoms with E-state index in [-0.39, 0.29) is 12.1 Å². The molecule has 4 heteroatoms. The summed E-state index contributed by atoms with van der Waals surface area (Å²) < 4.78 is 0. The van der Waals surface area contributed by atoms with Crippen LogP contribution in [0.1, 0.15) is 26.2 Å². The van der Waals surface area contributed by atoms with Gasteiger partial charge in [0.2, 0.25) is 0 Å². The molecule has 4 nitrogen and oxygen atoms in total. The molecule has 2 unspecified atom stereocenters. The number of nitrogens with two attached hydrogens (primary N) is 1. The first-order valence-electron chi connectivity index (χ1n) is 5.48. The minimum Gasteiger partial charge on any atom is -0.335 e. The predicted molar refractivity (Wildman–Crippen MR) is 54.9 cm³/mol. The number of carbonyl (C=O) groups is 1. The van der Waals surface area contributed by atoms with Crippen molar-refractivity contribution in [3.8, 4) is 0 Å². The number of carbonyl (C=O) groups excluding carboxylic acids is 1. The molecule has 0 aromatic carbocycles. The zero-order chi connectivity index (χ0) is 10.1. The summed E-state index contributed by atoms with van der Waals surface area (Å²) in [6.45, 7) is 3.72. The Labute approximate surface area is 84.8 Å². The minimum atomic E-state index is 0.107. The second-order valence-corrected chi connectivity index (χ2v) is 4.58. The molecule has 2 aliphatic rings. The first-order valence-corrected chi connectivity index (χ1v) is 5.48. The van der Waals surface area contributed by atoms with Crippen molar-refractivity contribution in [1.82, 2.24) is 10.2 Å². The van der Waals surface area contributed by atoms with Gasteiger partial charge in [-0.05, 0) is 32.1 Å². The van der Waals surface area contributed by atoms with Crippen LogP contribution in [0.25, 0.3) is 0 Å². The summed E-state index contributed by atoms with van der Waals surface area (Å²) in [4.78, 5) is 13.5. The Balaban J connectivity index is 1.78. The Kier molecular flexibility index (Phi) is 2.63. The summed E-state index contributed by atoms with van der Waals surface area (Å²) in [6, 6.07) is 0.765. The van der Waals surface area contributed by atoms with E-state index in [0.717, 1.165) is 32.4 Å². The molecule has 0 radical (unpaired) electrons. The van der Waals surface area contributed by atoms with Gasteiger partial charge in [0.05, 0.1) is 0 Å². The number of hydrogen-bond acceptors (Lipinski definition) is 2. The highest BCUT2D eigenvalue weighted by Crippen LogP contribution is 2.22. The summed E-state index contributed by atoms with van der Waals surface area (Å²) in [7, 11) is 0. The molecule has 2 atom stereocenters. The van der Waals surface area contributed by atoms with Crippen LogP contribution in [0.5, 0.6) is 0 Å². The third-order valence-corrected chi connectivity index (χ3v) is 3.16. The lowest BCUT2D eigenvalue weighted by molar-refractivity contribution is 0.206. The van der Waals surface area contributed by atoms with E-state index in [2.05, 4.69) is 5.32 Å². The molecule has 1 saturated heterocycles. The van der Waals surface area contributed by atoms with Crippen LogP contribution >= 0.6 is 0 Å². The molecule has 2 amide bonds. The molecule has 0 bridgehead atoms. The van der Waals surface area contributed by atoms with Crippen LogP contribution in [0.4, 0.5) is 4.79 Å². The van der Waals surface area contributed by atoms with Crippen LogP contribution in [0.15, 0.2) is 0 Å². The van der Waals surface area contributed by atoms with Crippen molar-refractivity contribution in [2.75, 3.05) is 13.1 Å². The molecule has 3 N–H and O–H groups in total. The van der Waals surface area contributed by atoms with E-state index < -0.39 is 0 Å². The van der Waals surface area contributed by atoms with E-state index in [9.17, 15) is 4.79 Å². The first-order chi connectivity index (χ1) is 6.66. The monoisotopic (exact) mass is 197 g/mol. The van der Waals surface area contributed by atoms with Gasteiger partial charge in [-0.25, -0.2) is 4.79 Å². The van der Waals surface area contributed by atoms with E-state index in [0.29, 0.717) is 12.0 Å². The van der Waals surface area contributed by atoms with Gasteiger partial charge in [0.25, 0.3) is 0 Å². The lowest BCUT2D eigenvalue weighted by atomic mass is 10.0. The first kappa shape index (κ1) is 9.77. The zero-order valence-corrected chi connectivity index (χ0v) is 8.70. The number of rotatable bonds is 2. The second kappa shape index (κ2) is 3.77. The lowest BCUT2D eigenvalue weighted by Crippen LogP contribution is -2.40. The Bertz CT molecular complexity index is 225. The van der Waals surface area contributed by atoms with E-state index >= 15 is 0 Å². The maximum atomic E-state index is 11.6. The van der Waals surface area contributed by atoms with Crippen molar-refractivity contribution in [3.05, 3.63) is 0 Å². The average molecular weight is 197 g/mol. The molecular weight excluding hydrogens is 178 g/mol. The highest BCUT2D eigenvalue weighted by molar-refractivity contribution is 5.75. The van der Waals surface area contributed by atoms with Crippen molar-refractivity contribution in [2.24, 2.45) is 11.7 Å². The lowest BCUT2D eigenvalue weighted by Gasteiger charge is -2.18. The van der Waals surface area contributed by atoms with Gasteiger partial charge >= 0.3 is 6.03 Å². The van der Waals surface area contributed by atoms with Gasteiger partial charge in [0, 0.05) is 25.2 Å². The number of nitrogens with one attached hydrogen (secondary N) is 1. The summed E-state index contributed by atoms with van der Waals surface area (Å²) >= 11 is 0. The number of hydrogen-bond donors (Lipinski definition) is 2. The summed E-state index contributed by atoms with van der Waals surface area (Å²) in [5.41, 5.74) is 5.82. The van der Waals surface area contributed by atoms with Gasteiger partial charge in [0.1, 0.15) is 0 Å². The van der Waals surface area contributed by atoms with Gasteiger partial charge < -0.3 is 16.0 Å². The van der Waals surface area contributed by atoms with Crippen LogP contribution in [0, 0.1) is 5.92 Å². The molecule has 1 saturated carbocycles. The Hall–Kier alpha value is -0.770. The largest absolute Gasteiger partial charge is 0.335 e. The van der Waals surface area contributed by atoms with Crippen LogP contribution in [-0.2, 0) is 0 Å². The molecule has 2 rings (SSSR count). The number of amides is 2. The quantitative estimate of drug-likeness (QED) is 0.678. The maximum absolute atomic E-state index is 11.6. The summed E-state index contributed by atoms with van der Waals surface area (Å²) in [5, 5.41) is 3.00. The second-order valence-electron chi connectivity index (χ2n) is 4.58. The predicted octanol–water partition coefficient (Wildman–Crippen LogP) is 0.527. The molecule has 80 valence electrons. The van der Waals surface area contributed by atoms with Gasteiger partial charge in [0.15, 0.2) is 0 Å². The third-order valence-electron chi connectivity index (χ3n) is 3.16. The molecule has 1 aliphatic heterocycles. The van der Waals surface area contributed by atoms with Crippen molar-refractivity contribution in [3.63, 3.8) is 0 Å². The fourth-order valence-electron chi connectivity index (χ4n) is 1.89. The van der Waals surface area contributed by atoms with Crippen molar-refractivity contribution < 1.29 is 4.79 Å². The molecule has 0 aromatic rings. The van der Waals surface area contributed by atoms with Crippen LogP contribution < -0.4 is 11.1 Å². The van der Waals surface area contributed by atoms with Crippen LogP contribution in [-0.4, -0.2) is 36.1 Å². The van der Waals surface area contributed by atoms with Gasteiger partial charge in [-0.15, -0.1) is 0 Å². The SMILES string of the molecule is CC(N)C1CCN(C(=O)NC2CC2)C1. The third kappa shape index (κ3) is 2.18. The van der Waals surface area contributed by atoms with Gasteiger partial charge in [-0.1, -0.05) is 0 Å². The molecule has 0 spiro atoms. The molecular formula is C10H19N3O. The molecule has 14 heavy (non-hydrogen) atoms. The average Bonchev–Trinajstić information content (AvgIpc) is 2.81. The molecule has 0 aromatic heterocycles. The van der Waals surface area contributed by atoms with E-state index in [1.54, 1.807) is 0 Å². The summed E-state index contributed by atoms with van der Waals surface area (Å²) in [5.74, 6) is 0.486. The van der Waals surface area contributed by atoms with E-state index in [1.165, 1.54) is 0 Å². The minimum absolute atomic E-state index is 0.107. The Morgan fingerprint density at radius 1 is 1.50 bits per heavy atom. The molecule has 2 fully saturated rings. The number of nitrogens with zero attached hydrogens (tertiary/aromatic N) is 1. The normalized spacial score (nSPS) is 29.0. The topological polar surface area (TPSA) is 58.4 Å². The van der Waals surface area contributed by atoms with Crippen molar-refractivity contribution in [2.45, 2.75) is 38.3 Å². The van der Waals surface area contributed by atoms with Gasteiger partial charge in [-0.2, -0.15) is 0 Å². The van der Waals surface area contributed by atoms with Crippen LogP contribution in [0.3, 0.4) is 0 Å². The fourth-order valence-corrected chi connectivity index (χ4v) is 1.89. The standard InChI is InChI=1S/C10H19N3O/c1-7(11)8-4-5-13(6-8)10(14)12-9-2-3-9/h7-9H,2-6,11H2,1H3,(H,12,14). The van der Waals surface area contributed by atoms with Crippen LogP contribution in [0.2, 0.25) is 0 Å². The molecule has 1 heterocycles. The van der Waals surface area contributed by atoms with Gasteiger partial charge in [-0.3, -0.25) is 0 Å². The number of likely N-dealkylation sites (tertiary alicyclic amines) is 1. The number of urea groups is 1. The fraction of sp³-hybridized carbons (Fsp3) is 0.900. The summed E-state index contributed by atoms with van der Waals surface area (Å²) in [6.07, 6.45) is 3.35. The zero-order valence-electron chi connectivity index (χ0n) is 8.70. The van der Waals surface area contributed by atoms with Crippen molar-refractivity contribution >= 4 is 6.03 Å². The van der Waals surface area contributed by atoms with E-state index in [1.807, 2.05) is 11.8 Å². The van der Waals surface area contributed by atoms with E-state index in [4.69, 9.17) is 5.73 Å². The van der Waals surface area contributed by atoms with Crippen molar-refractivity contribution in [1.29, 1.82) is 0 Å². The molecule has 1 aliphatic carbocycles. The Morgan fingerprint density at radius 2 is 2.21 bits per heavy atom. The Morgan fingerprint density at radius 3 is 2.71 bits per heavy atom. The maximum Gasteiger partial charge on any atom is 0.317 e. The smallest absolute Gasteiger partial charge is 0.317 e.